The first-order valence-electron chi connectivity index (χ1n) is 7.63. The number of hydrogen-bond acceptors (Lipinski definition) is 3. The molecule has 20 heavy (non-hydrogen) atoms. The van der Waals surface area contributed by atoms with Gasteiger partial charge in [-0.1, -0.05) is 26.0 Å². The third kappa shape index (κ3) is 5.14. The van der Waals surface area contributed by atoms with Crippen molar-refractivity contribution in [1.82, 2.24) is 5.32 Å². The van der Waals surface area contributed by atoms with Crippen LogP contribution in [0.25, 0.3) is 0 Å². The van der Waals surface area contributed by atoms with Crippen LogP contribution in [0.2, 0.25) is 0 Å². The van der Waals surface area contributed by atoms with Gasteiger partial charge < -0.3 is 15.3 Å². The average molecular weight is 278 g/mol. The van der Waals surface area contributed by atoms with Gasteiger partial charge in [-0.25, -0.2) is 0 Å². The highest BCUT2D eigenvalue weighted by atomic mass is 16.3. The van der Waals surface area contributed by atoms with Crippen molar-refractivity contribution in [1.29, 1.82) is 0 Å². The maximum atomic E-state index is 9.21. The molecule has 0 saturated carbocycles. The summed E-state index contributed by atoms with van der Waals surface area (Å²) in [6.07, 6.45) is 0. The summed E-state index contributed by atoms with van der Waals surface area (Å²) < 4.78 is 0. The molecule has 0 aliphatic rings. The summed E-state index contributed by atoms with van der Waals surface area (Å²) in [5.41, 5.74) is 3.82. The van der Waals surface area contributed by atoms with E-state index < -0.39 is 0 Å². The summed E-state index contributed by atoms with van der Waals surface area (Å²) in [6.45, 7) is 13.7. The smallest absolute Gasteiger partial charge is 0.0606 e. The molecule has 114 valence electrons. The fraction of sp³-hybridized carbons (Fsp3) is 0.647. The zero-order chi connectivity index (χ0) is 15.1. The first-order valence-corrected chi connectivity index (χ1v) is 7.63. The standard InChI is InChI=1S/C17H30N2O/c1-13(2)11-18-12-16-6-7-17(15(5)10-16)19(8-9-20)14(3)4/h6-7,10,13-14,18,20H,8-9,11-12H2,1-5H3. The van der Waals surface area contributed by atoms with Gasteiger partial charge in [0.15, 0.2) is 0 Å². The minimum atomic E-state index is 0.190. The molecule has 0 unspecified atom stereocenters. The lowest BCUT2D eigenvalue weighted by atomic mass is 10.1. The number of nitrogens with one attached hydrogen (secondary N) is 1. The van der Waals surface area contributed by atoms with E-state index in [1.54, 1.807) is 0 Å². The number of aliphatic hydroxyl groups excluding tert-OH is 1. The van der Waals surface area contributed by atoms with Crippen LogP contribution in [-0.2, 0) is 6.54 Å². The average Bonchev–Trinajstić information content (AvgIpc) is 2.36. The highest BCUT2D eigenvalue weighted by Gasteiger charge is 2.12. The zero-order valence-corrected chi connectivity index (χ0v) is 13.6. The van der Waals surface area contributed by atoms with E-state index in [0.29, 0.717) is 18.5 Å². The van der Waals surface area contributed by atoms with Crippen molar-refractivity contribution in [2.75, 3.05) is 24.6 Å². The van der Waals surface area contributed by atoms with Crippen molar-refractivity contribution in [3.63, 3.8) is 0 Å². The molecule has 0 spiro atoms. The molecule has 0 aromatic heterocycles. The lowest BCUT2D eigenvalue weighted by molar-refractivity contribution is 0.299. The third-order valence-electron chi connectivity index (χ3n) is 3.42. The van der Waals surface area contributed by atoms with E-state index in [1.165, 1.54) is 16.8 Å². The van der Waals surface area contributed by atoms with Crippen molar-refractivity contribution in [2.45, 2.75) is 47.2 Å². The van der Waals surface area contributed by atoms with Gasteiger partial charge in [0.05, 0.1) is 6.61 Å². The molecule has 2 N–H and O–H groups in total. The molecule has 0 bridgehead atoms. The quantitative estimate of drug-likeness (QED) is 0.767. The van der Waals surface area contributed by atoms with E-state index in [4.69, 9.17) is 0 Å². The zero-order valence-electron chi connectivity index (χ0n) is 13.6. The van der Waals surface area contributed by atoms with Crippen LogP contribution in [0.15, 0.2) is 18.2 Å². The molecule has 0 heterocycles. The van der Waals surface area contributed by atoms with Crippen molar-refractivity contribution in [3.05, 3.63) is 29.3 Å². The second-order valence-corrected chi connectivity index (χ2v) is 6.16. The van der Waals surface area contributed by atoms with Crippen LogP contribution < -0.4 is 10.2 Å². The molecule has 1 aromatic rings. The number of anilines is 1. The van der Waals surface area contributed by atoms with Gasteiger partial charge in [0.25, 0.3) is 0 Å². The molecule has 0 aliphatic carbocycles. The van der Waals surface area contributed by atoms with Gasteiger partial charge in [0.1, 0.15) is 0 Å². The molecular weight excluding hydrogens is 248 g/mol. The molecule has 3 heteroatoms. The Morgan fingerprint density at radius 2 is 1.90 bits per heavy atom. The predicted octanol–water partition coefficient (Wildman–Crippen LogP) is 2.95. The van der Waals surface area contributed by atoms with Crippen molar-refractivity contribution in [3.8, 4) is 0 Å². The van der Waals surface area contributed by atoms with E-state index >= 15 is 0 Å². The molecule has 1 aromatic carbocycles. The Balaban J connectivity index is 2.76. The van der Waals surface area contributed by atoms with E-state index in [0.717, 1.165) is 13.1 Å². The first-order chi connectivity index (χ1) is 9.45. The summed E-state index contributed by atoms with van der Waals surface area (Å²) in [5, 5.41) is 12.7. The lowest BCUT2D eigenvalue weighted by Crippen LogP contribution is -2.34. The molecule has 0 amide bonds. The summed E-state index contributed by atoms with van der Waals surface area (Å²) in [5.74, 6) is 0.677. The monoisotopic (exact) mass is 278 g/mol. The molecule has 3 nitrogen and oxygen atoms in total. The number of hydrogen-bond donors (Lipinski definition) is 2. The largest absolute Gasteiger partial charge is 0.395 e. The first kappa shape index (κ1) is 17.0. The maximum absolute atomic E-state index is 9.21. The summed E-state index contributed by atoms with van der Waals surface area (Å²) in [7, 11) is 0. The highest BCUT2D eigenvalue weighted by molar-refractivity contribution is 5.55. The molecule has 0 atom stereocenters. The Morgan fingerprint density at radius 3 is 2.40 bits per heavy atom. The van der Waals surface area contributed by atoms with E-state index in [-0.39, 0.29) is 6.61 Å². The molecular formula is C17H30N2O. The second kappa shape index (κ2) is 8.28. The number of benzene rings is 1. The van der Waals surface area contributed by atoms with E-state index in [2.05, 4.69) is 63.0 Å². The summed E-state index contributed by atoms with van der Waals surface area (Å²) in [4.78, 5) is 2.25. The Hall–Kier alpha value is -1.06. The Bertz CT molecular complexity index is 402. The van der Waals surface area contributed by atoms with Crippen molar-refractivity contribution >= 4 is 5.69 Å². The number of aryl methyl sites for hydroxylation is 1. The molecule has 1 rings (SSSR count). The van der Waals surface area contributed by atoms with Crippen molar-refractivity contribution < 1.29 is 5.11 Å². The van der Waals surface area contributed by atoms with Crippen LogP contribution in [0, 0.1) is 12.8 Å². The molecule has 0 saturated heterocycles. The normalized spacial score (nSPS) is 11.4. The van der Waals surface area contributed by atoms with Gasteiger partial charge >= 0.3 is 0 Å². The minimum Gasteiger partial charge on any atom is -0.395 e. The van der Waals surface area contributed by atoms with Gasteiger partial charge in [-0.15, -0.1) is 0 Å². The Morgan fingerprint density at radius 1 is 1.20 bits per heavy atom. The maximum Gasteiger partial charge on any atom is 0.0606 e. The lowest BCUT2D eigenvalue weighted by Gasteiger charge is -2.30. The highest BCUT2D eigenvalue weighted by Crippen LogP contribution is 2.23. The molecule has 0 radical (unpaired) electrons. The van der Waals surface area contributed by atoms with Crippen LogP contribution >= 0.6 is 0 Å². The van der Waals surface area contributed by atoms with Gasteiger partial charge in [-0.2, -0.15) is 0 Å². The summed E-state index contributed by atoms with van der Waals surface area (Å²) in [6, 6.07) is 7.00. The Labute approximate surface area is 124 Å². The third-order valence-corrected chi connectivity index (χ3v) is 3.42. The van der Waals surface area contributed by atoms with Crippen LogP contribution in [0.4, 0.5) is 5.69 Å². The van der Waals surface area contributed by atoms with Crippen LogP contribution in [0.3, 0.4) is 0 Å². The van der Waals surface area contributed by atoms with E-state index in [9.17, 15) is 5.11 Å². The van der Waals surface area contributed by atoms with Crippen LogP contribution in [-0.4, -0.2) is 30.8 Å². The summed E-state index contributed by atoms with van der Waals surface area (Å²) >= 11 is 0. The number of nitrogens with zero attached hydrogens (tertiary/aromatic N) is 1. The molecule has 0 aliphatic heterocycles. The number of rotatable bonds is 8. The second-order valence-electron chi connectivity index (χ2n) is 6.16. The predicted molar refractivity (Wildman–Crippen MR) is 87.3 cm³/mol. The van der Waals surface area contributed by atoms with Crippen LogP contribution in [0.5, 0.6) is 0 Å². The van der Waals surface area contributed by atoms with Gasteiger partial charge in [0, 0.05) is 24.8 Å². The van der Waals surface area contributed by atoms with E-state index in [1.807, 2.05) is 0 Å². The fourth-order valence-corrected chi connectivity index (χ4v) is 2.42. The van der Waals surface area contributed by atoms with Gasteiger partial charge in [0.2, 0.25) is 0 Å². The number of aliphatic hydroxyl groups is 1. The van der Waals surface area contributed by atoms with Gasteiger partial charge in [-0.3, -0.25) is 0 Å². The fourth-order valence-electron chi connectivity index (χ4n) is 2.42. The topological polar surface area (TPSA) is 35.5 Å². The van der Waals surface area contributed by atoms with Crippen LogP contribution in [0.1, 0.15) is 38.8 Å². The molecule has 0 fully saturated rings. The minimum absolute atomic E-state index is 0.190. The Kier molecular flexibility index (Phi) is 7.03. The SMILES string of the molecule is Cc1cc(CNCC(C)C)ccc1N(CCO)C(C)C. The van der Waals surface area contributed by atoms with Gasteiger partial charge in [-0.05, 0) is 50.4 Å². The van der Waals surface area contributed by atoms with Crippen molar-refractivity contribution in [2.24, 2.45) is 5.92 Å².